The fourth-order valence-corrected chi connectivity index (χ4v) is 6.61. The molecule has 0 heterocycles. The van der Waals surface area contributed by atoms with Crippen LogP contribution < -0.4 is 14.4 Å². The maximum Gasteiger partial charge on any atom is 0.264 e. The number of hydrogen-bond acceptors (Lipinski definition) is 5. The highest BCUT2D eigenvalue weighted by molar-refractivity contribution is 9.10. The highest BCUT2D eigenvalue weighted by Crippen LogP contribution is 2.28. The Hall–Kier alpha value is -3.86. The maximum absolute atomic E-state index is 14.5. The van der Waals surface area contributed by atoms with Crippen LogP contribution in [0.25, 0.3) is 0 Å². The van der Waals surface area contributed by atoms with Gasteiger partial charge in [-0.05, 0) is 79.6 Å². The third kappa shape index (κ3) is 9.09. The molecule has 4 aromatic carbocycles. The molecule has 0 bridgehead atoms. The molecule has 0 radical (unpaired) electrons. The van der Waals surface area contributed by atoms with Gasteiger partial charge in [0.2, 0.25) is 11.8 Å². The second kappa shape index (κ2) is 15.4. The molecule has 0 unspecified atom stereocenters. The highest BCUT2D eigenvalue weighted by Gasteiger charge is 2.35. The van der Waals surface area contributed by atoms with Gasteiger partial charge in [0, 0.05) is 28.5 Å². The first kappa shape index (κ1) is 34.0. The average Bonchev–Trinajstić information content (AvgIpc) is 3.02. The Morgan fingerprint density at radius 2 is 1.56 bits per heavy atom. The minimum Gasteiger partial charge on any atom is -0.497 e. The molecule has 0 aliphatic carbocycles. The molecule has 0 saturated heterocycles. The number of nitrogens with zero attached hydrogens (tertiary/aromatic N) is 2. The Balaban J connectivity index is 1.80. The number of rotatable bonds is 13. The van der Waals surface area contributed by atoms with E-state index in [4.69, 9.17) is 16.3 Å². The minimum absolute atomic E-state index is 0.0334. The van der Waals surface area contributed by atoms with Crippen molar-refractivity contribution in [2.24, 2.45) is 0 Å². The fraction of sp³-hybridized carbons (Fsp3) is 0.235. The van der Waals surface area contributed by atoms with Gasteiger partial charge in [-0.2, -0.15) is 0 Å². The molecule has 236 valence electrons. The lowest BCUT2D eigenvalue weighted by Crippen LogP contribution is -2.54. The van der Waals surface area contributed by atoms with Crippen molar-refractivity contribution in [3.63, 3.8) is 0 Å². The molecular formula is C34H35BrClN3O5S. The topological polar surface area (TPSA) is 96.0 Å². The monoisotopic (exact) mass is 711 g/mol. The average molecular weight is 713 g/mol. The van der Waals surface area contributed by atoms with Gasteiger partial charge in [-0.3, -0.25) is 13.9 Å². The number of sulfonamides is 1. The molecule has 11 heteroatoms. The summed E-state index contributed by atoms with van der Waals surface area (Å²) in [4.78, 5) is 29.6. The van der Waals surface area contributed by atoms with Crippen molar-refractivity contribution < 1.29 is 22.7 Å². The van der Waals surface area contributed by atoms with Crippen molar-refractivity contribution in [1.82, 2.24) is 10.2 Å². The fourth-order valence-electron chi connectivity index (χ4n) is 4.76. The lowest BCUT2D eigenvalue weighted by atomic mass is 10.0. The predicted molar refractivity (Wildman–Crippen MR) is 181 cm³/mol. The SMILES string of the molecule is COc1ccc(S(=O)(=O)N(CC(=O)N(Cc2ccc(Br)cc2)[C@H](Cc2ccccc2)C(=O)NC(C)C)c2cccc(Cl)c2)cc1. The quantitative estimate of drug-likeness (QED) is 0.172. The van der Waals surface area contributed by atoms with Crippen molar-refractivity contribution in [3.8, 4) is 5.75 Å². The van der Waals surface area contributed by atoms with Gasteiger partial charge in [-0.15, -0.1) is 0 Å². The Morgan fingerprint density at radius 3 is 2.16 bits per heavy atom. The largest absolute Gasteiger partial charge is 0.497 e. The number of anilines is 1. The van der Waals surface area contributed by atoms with Gasteiger partial charge in [-0.1, -0.05) is 76.1 Å². The van der Waals surface area contributed by atoms with E-state index >= 15 is 0 Å². The molecule has 0 saturated carbocycles. The zero-order chi connectivity index (χ0) is 32.6. The van der Waals surface area contributed by atoms with Gasteiger partial charge in [-0.25, -0.2) is 8.42 Å². The number of hydrogen-bond donors (Lipinski definition) is 1. The highest BCUT2D eigenvalue weighted by atomic mass is 79.9. The van der Waals surface area contributed by atoms with E-state index in [9.17, 15) is 18.0 Å². The summed E-state index contributed by atoms with van der Waals surface area (Å²) in [6.07, 6.45) is 0.226. The van der Waals surface area contributed by atoms with E-state index in [2.05, 4.69) is 21.2 Å². The van der Waals surface area contributed by atoms with E-state index in [0.717, 1.165) is 19.9 Å². The van der Waals surface area contributed by atoms with Crippen molar-refractivity contribution >= 4 is 55.1 Å². The van der Waals surface area contributed by atoms with Gasteiger partial charge in [0.05, 0.1) is 17.7 Å². The molecule has 0 aliphatic rings. The molecule has 45 heavy (non-hydrogen) atoms. The molecule has 4 aromatic rings. The molecule has 2 amide bonds. The summed E-state index contributed by atoms with van der Waals surface area (Å²) in [5, 5.41) is 3.26. The van der Waals surface area contributed by atoms with Crippen molar-refractivity contribution in [2.45, 2.75) is 43.8 Å². The number of halogens is 2. The third-order valence-corrected chi connectivity index (χ3v) is 9.54. The van der Waals surface area contributed by atoms with E-state index < -0.39 is 28.5 Å². The zero-order valence-electron chi connectivity index (χ0n) is 25.2. The van der Waals surface area contributed by atoms with Crippen LogP contribution in [-0.2, 0) is 32.6 Å². The normalized spacial score (nSPS) is 12.0. The van der Waals surface area contributed by atoms with Crippen LogP contribution in [-0.4, -0.2) is 50.9 Å². The first-order valence-electron chi connectivity index (χ1n) is 14.3. The lowest BCUT2D eigenvalue weighted by molar-refractivity contribution is -0.140. The van der Waals surface area contributed by atoms with Crippen molar-refractivity contribution in [3.05, 3.63) is 124 Å². The molecule has 4 rings (SSSR count). The van der Waals surface area contributed by atoms with Crippen LogP contribution in [0, 0.1) is 0 Å². The summed E-state index contributed by atoms with van der Waals surface area (Å²) < 4.78 is 35.3. The molecule has 8 nitrogen and oxygen atoms in total. The molecule has 1 N–H and O–H groups in total. The summed E-state index contributed by atoms with van der Waals surface area (Å²) in [7, 11) is -2.77. The molecule has 0 spiro atoms. The Morgan fingerprint density at radius 1 is 0.889 bits per heavy atom. The molecule has 0 aromatic heterocycles. The van der Waals surface area contributed by atoms with Gasteiger partial charge < -0.3 is 15.0 Å². The van der Waals surface area contributed by atoms with Crippen LogP contribution in [0.5, 0.6) is 5.75 Å². The van der Waals surface area contributed by atoms with E-state index in [0.29, 0.717) is 10.8 Å². The van der Waals surface area contributed by atoms with E-state index in [1.807, 2.05) is 68.4 Å². The van der Waals surface area contributed by atoms with Gasteiger partial charge in [0.1, 0.15) is 18.3 Å². The van der Waals surface area contributed by atoms with Crippen LogP contribution in [0.15, 0.2) is 112 Å². The number of amides is 2. The van der Waals surface area contributed by atoms with Crippen molar-refractivity contribution in [1.29, 1.82) is 0 Å². The second-order valence-corrected chi connectivity index (χ2v) is 13.9. The summed E-state index contributed by atoms with van der Waals surface area (Å²) in [5.41, 5.74) is 1.84. The number of nitrogens with one attached hydrogen (secondary N) is 1. The molecular weight excluding hydrogens is 678 g/mol. The van der Waals surface area contributed by atoms with Crippen LogP contribution in [0.3, 0.4) is 0 Å². The standard InChI is InChI=1S/C34H35BrClN3O5S/c1-24(2)37-34(41)32(20-25-8-5-4-6-9-25)38(22-26-12-14-27(35)15-13-26)33(40)23-39(29-11-7-10-28(36)21-29)45(42,43)31-18-16-30(44-3)17-19-31/h4-19,21,24,32H,20,22-23H2,1-3H3,(H,37,41)/t32-/m1/s1. The van der Waals surface area contributed by atoms with Crippen LogP contribution >= 0.6 is 27.5 Å². The third-order valence-electron chi connectivity index (χ3n) is 6.99. The van der Waals surface area contributed by atoms with Gasteiger partial charge in [0.15, 0.2) is 0 Å². The van der Waals surface area contributed by atoms with Gasteiger partial charge >= 0.3 is 0 Å². The Kier molecular flexibility index (Phi) is 11.7. The predicted octanol–water partition coefficient (Wildman–Crippen LogP) is 6.47. The van der Waals surface area contributed by atoms with Gasteiger partial charge in [0.25, 0.3) is 10.0 Å². The molecule has 0 aliphatic heterocycles. The van der Waals surface area contributed by atoms with Crippen molar-refractivity contribution in [2.75, 3.05) is 18.0 Å². The van der Waals surface area contributed by atoms with E-state index in [-0.39, 0.29) is 35.5 Å². The number of benzene rings is 4. The van der Waals surface area contributed by atoms with E-state index in [1.165, 1.54) is 42.3 Å². The van der Waals surface area contributed by atoms with Crippen LogP contribution in [0.1, 0.15) is 25.0 Å². The lowest BCUT2D eigenvalue weighted by Gasteiger charge is -2.34. The summed E-state index contributed by atoms with van der Waals surface area (Å²) in [6.45, 7) is 3.19. The molecule has 1 atom stereocenters. The molecule has 0 fully saturated rings. The summed E-state index contributed by atoms with van der Waals surface area (Å²) in [6, 6.07) is 27.9. The maximum atomic E-state index is 14.5. The summed E-state index contributed by atoms with van der Waals surface area (Å²) >= 11 is 9.73. The van der Waals surface area contributed by atoms with Crippen LogP contribution in [0.4, 0.5) is 5.69 Å². The Bertz CT molecular complexity index is 1700. The first-order valence-corrected chi connectivity index (χ1v) is 16.9. The first-order chi connectivity index (χ1) is 21.5. The van der Waals surface area contributed by atoms with Crippen LogP contribution in [0.2, 0.25) is 5.02 Å². The zero-order valence-corrected chi connectivity index (χ0v) is 28.3. The number of carbonyl (C=O) groups excluding carboxylic acids is 2. The van der Waals surface area contributed by atoms with E-state index in [1.54, 1.807) is 18.2 Å². The summed E-state index contributed by atoms with van der Waals surface area (Å²) in [5.74, 6) is -0.415. The second-order valence-electron chi connectivity index (χ2n) is 10.7. The number of methoxy groups -OCH3 is 1. The smallest absolute Gasteiger partial charge is 0.264 e. The Labute approximate surface area is 278 Å². The number of ether oxygens (including phenoxy) is 1. The minimum atomic E-state index is -4.26. The number of carbonyl (C=O) groups is 2.